The Morgan fingerprint density at radius 1 is 0.907 bits per heavy atom. The van der Waals surface area contributed by atoms with Crippen LogP contribution < -0.4 is 10.1 Å². The minimum Gasteiger partial charge on any atom is -0.493 e. The second-order valence-electron chi connectivity index (χ2n) is 13.0. The molecule has 2 aromatic rings. The first-order valence-corrected chi connectivity index (χ1v) is 17.4. The van der Waals surface area contributed by atoms with Crippen LogP contribution in [0, 0.1) is 0 Å². The highest BCUT2D eigenvalue weighted by molar-refractivity contribution is 8.93. The van der Waals surface area contributed by atoms with E-state index in [0.29, 0.717) is 13.0 Å². The molecule has 0 saturated carbocycles. The number of amides is 1. The van der Waals surface area contributed by atoms with Crippen molar-refractivity contribution in [3.63, 3.8) is 0 Å². The first-order chi connectivity index (χ1) is 20.3. The Morgan fingerprint density at radius 3 is 2.14 bits per heavy atom. The van der Waals surface area contributed by atoms with Crippen LogP contribution in [0.4, 0.5) is 5.69 Å². The summed E-state index contributed by atoms with van der Waals surface area (Å²) in [5.74, 6) is 1.86. The lowest BCUT2D eigenvalue weighted by Gasteiger charge is -2.25. The van der Waals surface area contributed by atoms with Crippen molar-refractivity contribution in [2.75, 3.05) is 17.8 Å². The second-order valence-corrected chi connectivity index (χ2v) is 14.2. The topological polar surface area (TPSA) is 41.6 Å². The SMILES string of the molecule is Br.CCCCCCCCCCCCCCOc1c(CC(=O)Nc2cccc(CN3C=C(C)SC3)c2)cccc1C(C)(C)C. The first-order valence-electron chi connectivity index (χ1n) is 16.5. The van der Waals surface area contributed by atoms with Crippen LogP contribution in [0.1, 0.15) is 128 Å². The van der Waals surface area contributed by atoms with Gasteiger partial charge in [-0.25, -0.2) is 0 Å². The molecule has 0 aromatic heterocycles. The van der Waals surface area contributed by atoms with Crippen molar-refractivity contribution in [3.05, 3.63) is 70.3 Å². The maximum absolute atomic E-state index is 13.2. The molecule has 0 unspecified atom stereocenters. The molecule has 0 bridgehead atoms. The van der Waals surface area contributed by atoms with Crippen molar-refractivity contribution in [1.82, 2.24) is 4.90 Å². The van der Waals surface area contributed by atoms with Gasteiger partial charge in [0.1, 0.15) is 5.75 Å². The van der Waals surface area contributed by atoms with Gasteiger partial charge in [0.15, 0.2) is 0 Å². The number of allylic oxidation sites excluding steroid dienone is 1. The minimum atomic E-state index is -0.0622. The molecule has 0 aliphatic carbocycles. The monoisotopic (exact) mass is 672 g/mol. The summed E-state index contributed by atoms with van der Waals surface area (Å²) >= 11 is 1.87. The second kappa shape index (κ2) is 20.2. The van der Waals surface area contributed by atoms with E-state index in [4.69, 9.17) is 4.74 Å². The average molecular weight is 674 g/mol. The molecule has 6 heteroatoms. The lowest BCUT2D eigenvalue weighted by Crippen LogP contribution is -2.19. The quantitative estimate of drug-likeness (QED) is 0.151. The number of thioether (sulfide) groups is 1. The molecule has 2 aromatic carbocycles. The van der Waals surface area contributed by atoms with E-state index in [1.165, 1.54) is 86.7 Å². The lowest BCUT2D eigenvalue weighted by atomic mass is 9.84. The van der Waals surface area contributed by atoms with Crippen molar-refractivity contribution in [3.8, 4) is 5.75 Å². The van der Waals surface area contributed by atoms with Crippen LogP contribution in [0.2, 0.25) is 0 Å². The minimum absolute atomic E-state index is 0. The number of rotatable bonds is 19. The molecule has 43 heavy (non-hydrogen) atoms. The summed E-state index contributed by atoms with van der Waals surface area (Å²) in [4.78, 5) is 16.8. The van der Waals surface area contributed by atoms with Crippen molar-refractivity contribution >= 4 is 40.3 Å². The van der Waals surface area contributed by atoms with E-state index in [0.717, 1.165) is 35.8 Å². The smallest absolute Gasteiger partial charge is 0.228 e. The highest BCUT2D eigenvalue weighted by atomic mass is 79.9. The zero-order chi connectivity index (χ0) is 30.2. The molecule has 240 valence electrons. The standard InChI is InChI=1S/C37H56N2O2S.BrH/c1-6-7-8-9-10-11-12-13-14-15-16-17-24-41-36-32(21-19-23-34(36)37(3,4)5)26-35(40)38-33-22-18-20-31(25-33)28-39-27-30(2)42-29-39;/h18-23,25,27H,6-17,24,26,28-29H2,1-5H3,(H,38,40);1H. The molecular weight excluding hydrogens is 616 g/mol. The molecule has 0 atom stereocenters. The normalized spacial score (nSPS) is 13.0. The van der Waals surface area contributed by atoms with Gasteiger partial charge in [-0.2, -0.15) is 0 Å². The summed E-state index contributed by atoms with van der Waals surface area (Å²) in [6.45, 7) is 12.6. The Bertz CT molecular complexity index is 1130. The van der Waals surface area contributed by atoms with Gasteiger partial charge >= 0.3 is 0 Å². The van der Waals surface area contributed by atoms with Gasteiger partial charge in [0, 0.05) is 24.0 Å². The Balaban J connectivity index is 0.00000645. The Labute approximate surface area is 277 Å². The number of anilines is 1. The number of nitrogens with zero attached hydrogens (tertiary/aromatic N) is 1. The van der Waals surface area contributed by atoms with E-state index in [1.54, 1.807) is 0 Å². The summed E-state index contributed by atoms with van der Waals surface area (Å²) in [6.07, 6.45) is 18.4. The van der Waals surface area contributed by atoms with Crippen molar-refractivity contribution in [2.45, 2.75) is 130 Å². The van der Waals surface area contributed by atoms with Crippen LogP contribution in [-0.2, 0) is 23.2 Å². The van der Waals surface area contributed by atoms with Gasteiger partial charge in [-0.3, -0.25) is 4.79 Å². The largest absolute Gasteiger partial charge is 0.493 e. The number of halogens is 1. The van der Waals surface area contributed by atoms with Crippen molar-refractivity contribution in [1.29, 1.82) is 0 Å². The van der Waals surface area contributed by atoms with Crippen LogP contribution in [0.5, 0.6) is 5.75 Å². The van der Waals surface area contributed by atoms with Gasteiger partial charge in [-0.15, -0.1) is 28.7 Å². The fourth-order valence-electron chi connectivity index (χ4n) is 5.57. The van der Waals surface area contributed by atoms with Crippen LogP contribution >= 0.6 is 28.7 Å². The third kappa shape index (κ3) is 14.2. The molecule has 1 aliphatic rings. The zero-order valence-electron chi connectivity index (χ0n) is 27.5. The number of carbonyl (C=O) groups excluding carboxylic acids is 1. The maximum Gasteiger partial charge on any atom is 0.228 e. The Kier molecular flexibility index (Phi) is 17.5. The van der Waals surface area contributed by atoms with Crippen molar-refractivity contribution in [2.24, 2.45) is 0 Å². The molecular formula is C37H57BrN2O2S. The van der Waals surface area contributed by atoms with E-state index in [9.17, 15) is 4.79 Å². The number of unbranched alkanes of at least 4 members (excludes halogenated alkanes) is 11. The molecule has 3 rings (SSSR count). The molecule has 0 saturated heterocycles. The van der Waals surface area contributed by atoms with Crippen LogP contribution in [0.25, 0.3) is 0 Å². The molecule has 0 spiro atoms. The molecule has 0 radical (unpaired) electrons. The number of para-hydroxylation sites is 1. The predicted octanol–water partition coefficient (Wildman–Crippen LogP) is 11.2. The molecule has 1 heterocycles. The highest BCUT2D eigenvalue weighted by Crippen LogP contribution is 2.35. The number of nitrogens with one attached hydrogen (secondary N) is 1. The van der Waals surface area contributed by atoms with Gasteiger partial charge in [0.25, 0.3) is 0 Å². The Morgan fingerprint density at radius 2 is 1.53 bits per heavy atom. The third-order valence-corrected chi connectivity index (χ3v) is 8.94. The average Bonchev–Trinajstić information content (AvgIpc) is 3.35. The number of ether oxygens (including phenoxy) is 1. The first kappa shape index (κ1) is 37.3. The van der Waals surface area contributed by atoms with Crippen molar-refractivity contribution < 1.29 is 9.53 Å². The summed E-state index contributed by atoms with van der Waals surface area (Å²) in [6, 6.07) is 14.4. The van der Waals surface area contributed by atoms with Gasteiger partial charge in [-0.1, -0.05) is 129 Å². The summed E-state index contributed by atoms with van der Waals surface area (Å²) < 4.78 is 6.45. The van der Waals surface area contributed by atoms with Gasteiger partial charge in [0.05, 0.1) is 18.9 Å². The fraction of sp³-hybridized carbons (Fsp3) is 0.595. The summed E-state index contributed by atoms with van der Waals surface area (Å²) in [5, 5.41) is 3.13. The van der Waals surface area contributed by atoms with Gasteiger partial charge in [0.2, 0.25) is 5.91 Å². The van der Waals surface area contributed by atoms with E-state index in [-0.39, 0.29) is 28.3 Å². The molecule has 1 N–H and O–H groups in total. The fourth-order valence-corrected chi connectivity index (χ4v) is 6.33. The Hall–Kier alpha value is -1.92. The molecule has 0 fully saturated rings. The number of carbonyl (C=O) groups is 1. The summed E-state index contributed by atoms with van der Waals surface area (Å²) in [5.41, 5.74) is 4.11. The molecule has 1 amide bonds. The lowest BCUT2D eigenvalue weighted by molar-refractivity contribution is -0.115. The highest BCUT2D eigenvalue weighted by Gasteiger charge is 2.22. The maximum atomic E-state index is 13.2. The van der Waals surface area contributed by atoms with Crippen LogP contribution in [-0.4, -0.2) is 23.3 Å². The predicted molar refractivity (Wildman–Crippen MR) is 193 cm³/mol. The van der Waals surface area contributed by atoms with E-state index in [2.05, 4.69) is 75.3 Å². The zero-order valence-corrected chi connectivity index (χ0v) is 30.0. The molecule has 4 nitrogen and oxygen atoms in total. The van der Waals surface area contributed by atoms with Crippen LogP contribution in [0.15, 0.2) is 53.6 Å². The van der Waals surface area contributed by atoms with E-state index in [1.807, 2.05) is 30.0 Å². The van der Waals surface area contributed by atoms with E-state index >= 15 is 0 Å². The molecule has 1 aliphatic heterocycles. The van der Waals surface area contributed by atoms with E-state index < -0.39 is 0 Å². The van der Waals surface area contributed by atoms with Gasteiger partial charge in [-0.05, 0) is 46.9 Å². The summed E-state index contributed by atoms with van der Waals surface area (Å²) in [7, 11) is 0. The number of hydrogen-bond donors (Lipinski definition) is 1. The van der Waals surface area contributed by atoms with Crippen LogP contribution in [0.3, 0.4) is 0 Å². The third-order valence-electron chi connectivity index (χ3n) is 7.92. The number of hydrogen-bond acceptors (Lipinski definition) is 4. The number of benzene rings is 2. The van der Waals surface area contributed by atoms with Gasteiger partial charge < -0.3 is 15.0 Å².